The van der Waals surface area contributed by atoms with E-state index in [1.807, 2.05) is 39.0 Å². The van der Waals surface area contributed by atoms with Crippen molar-refractivity contribution >= 4 is 11.9 Å². The topological polar surface area (TPSA) is 65.5 Å². The first-order valence-electron chi connectivity index (χ1n) is 7.20. The molecule has 3 N–H and O–H groups in total. The molecule has 1 rings (SSSR count). The van der Waals surface area contributed by atoms with E-state index in [4.69, 9.17) is 0 Å². The minimum absolute atomic E-state index is 0.0391. The van der Waals surface area contributed by atoms with E-state index in [-0.39, 0.29) is 18.0 Å². The fourth-order valence-corrected chi connectivity index (χ4v) is 1.75. The maximum absolute atomic E-state index is 11.8. The van der Waals surface area contributed by atoms with Crippen molar-refractivity contribution in [2.45, 2.75) is 32.7 Å². The Morgan fingerprint density at radius 2 is 1.81 bits per heavy atom. The summed E-state index contributed by atoms with van der Waals surface area (Å²) in [6, 6.07) is 10.1. The second-order valence-electron chi connectivity index (χ2n) is 5.89. The largest absolute Gasteiger partial charge is 0.354 e. The molecule has 0 fully saturated rings. The van der Waals surface area contributed by atoms with Gasteiger partial charge in [0.15, 0.2) is 5.96 Å². The van der Waals surface area contributed by atoms with Crippen LogP contribution in [-0.2, 0) is 11.2 Å². The summed E-state index contributed by atoms with van der Waals surface area (Å²) >= 11 is 0. The summed E-state index contributed by atoms with van der Waals surface area (Å²) in [6.07, 6.45) is 0.835. The average Bonchev–Trinajstić information content (AvgIpc) is 2.43. The first-order valence-corrected chi connectivity index (χ1v) is 7.20. The molecule has 0 saturated heterocycles. The highest BCUT2D eigenvalue weighted by Crippen LogP contribution is 1.98. The van der Waals surface area contributed by atoms with E-state index in [9.17, 15) is 4.79 Å². The normalized spacial score (nSPS) is 11.9. The van der Waals surface area contributed by atoms with Crippen LogP contribution in [0.1, 0.15) is 26.3 Å². The van der Waals surface area contributed by atoms with E-state index in [2.05, 4.69) is 33.1 Å². The molecule has 1 aromatic carbocycles. The Hall–Kier alpha value is -2.04. The van der Waals surface area contributed by atoms with Crippen molar-refractivity contribution < 1.29 is 4.79 Å². The summed E-state index contributed by atoms with van der Waals surface area (Å²) in [5, 5.41) is 9.09. The van der Waals surface area contributed by atoms with Crippen molar-refractivity contribution in [3.8, 4) is 0 Å². The van der Waals surface area contributed by atoms with Gasteiger partial charge in [0.25, 0.3) is 0 Å². The van der Waals surface area contributed by atoms with Gasteiger partial charge in [-0.25, -0.2) is 0 Å². The van der Waals surface area contributed by atoms with Crippen LogP contribution in [0.15, 0.2) is 35.3 Å². The molecular formula is C16H26N4O. The lowest BCUT2D eigenvalue weighted by Crippen LogP contribution is -2.50. The van der Waals surface area contributed by atoms with Crippen LogP contribution >= 0.6 is 0 Å². The van der Waals surface area contributed by atoms with E-state index >= 15 is 0 Å². The smallest absolute Gasteiger partial charge is 0.239 e. The Morgan fingerprint density at radius 3 is 2.38 bits per heavy atom. The zero-order chi connectivity index (χ0) is 15.7. The lowest BCUT2D eigenvalue weighted by molar-refractivity contribution is -0.119. The number of hydrogen-bond donors (Lipinski definition) is 3. The van der Waals surface area contributed by atoms with Gasteiger partial charge in [-0.05, 0) is 32.8 Å². The zero-order valence-corrected chi connectivity index (χ0v) is 13.4. The predicted octanol–water partition coefficient (Wildman–Crippen LogP) is 1.31. The highest BCUT2D eigenvalue weighted by Gasteiger charge is 2.12. The molecule has 0 atom stereocenters. The van der Waals surface area contributed by atoms with Gasteiger partial charge in [0.1, 0.15) is 0 Å². The summed E-state index contributed by atoms with van der Waals surface area (Å²) in [5.41, 5.74) is 1.13. The first kappa shape index (κ1) is 17.0. The van der Waals surface area contributed by atoms with Crippen LogP contribution in [-0.4, -0.2) is 37.5 Å². The van der Waals surface area contributed by atoms with Crippen LogP contribution in [0.25, 0.3) is 0 Å². The molecule has 0 saturated carbocycles. The van der Waals surface area contributed by atoms with Gasteiger partial charge in [-0.15, -0.1) is 0 Å². The van der Waals surface area contributed by atoms with Crippen molar-refractivity contribution in [2.24, 2.45) is 4.99 Å². The second kappa shape index (κ2) is 8.29. The fraction of sp³-hybridized carbons (Fsp3) is 0.500. The fourth-order valence-electron chi connectivity index (χ4n) is 1.75. The van der Waals surface area contributed by atoms with Gasteiger partial charge in [-0.3, -0.25) is 9.79 Å². The molecule has 0 unspecified atom stereocenters. The molecule has 116 valence electrons. The summed E-state index contributed by atoms with van der Waals surface area (Å²) < 4.78 is 0. The summed E-state index contributed by atoms with van der Waals surface area (Å²) in [5.74, 6) is 0.587. The molecule has 21 heavy (non-hydrogen) atoms. The number of hydrogen-bond acceptors (Lipinski definition) is 2. The minimum atomic E-state index is -0.0916. The molecule has 0 radical (unpaired) electrons. The zero-order valence-electron chi connectivity index (χ0n) is 13.4. The lowest BCUT2D eigenvalue weighted by Gasteiger charge is -2.23. The monoisotopic (exact) mass is 290 g/mol. The molecule has 1 aromatic rings. The Balaban J connectivity index is 2.24. The molecule has 5 nitrogen and oxygen atoms in total. The van der Waals surface area contributed by atoms with Gasteiger partial charge in [-0.2, -0.15) is 0 Å². The van der Waals surface area contributed by atoms with Crippen molar-refractivity contribution in [2.75, 3.05) is 20.1 Å². The maximum Gasteiger partial charge on any atom is 0.239 e. The van der Waals surface area contributed by atoms with E-state index in [1.165, 1.54) is 5.56 Å². The van der Waals surface area contributed by atoms with Gasteiger partial charge in [-0.1, -0.05) is 30.3 Å². The van der Waals surface area contributed by atoms with Crippen molar-refractivity contribution in [3.05, 3.63) is 35.9 Å². The van der Waals surface area contributed by atoms with Crippen LogP contribution in [0.4, 0.5) is 0 Å². The van der Waals surface area contributed by atoms with Gasteiger partial charge in [0.2, 0.25) is 5.91 Å². The lowest BCUT2D eigenvalue weighted by atomic mass is 10.1. The minimum Gasteiger partial charge on any atom is -0.354 e. The molecule has 0 heterocycles. The number of benzene rings is 1. The van der Waals surface area contributed by atoms with Crippen molar-refractivity contribution in [3.63, 3.8) is 0 Å². The molecule has 1 amide bonds. The predicted molar refractivity (Wildman–Crippen MR) is 87.4 cm³/mol. The standard InChI is InChI=1S/C16H26N4O/c1-16(2,3)20-15(17-4)19-12-14(21)18-11-10-13-8-6-5-7-9-13/h5-9H,10-12H2,1-4H3,(H,18,21)(H2,17,19,20). The molecule has 0 aromatic heterocycles. The summed E-state index contributed by atoms with van der Waals surface area (Å²) in [6.45, 7) is 6.97. The Morgan fingerprint density at radius 1 is 1.14 bits per heavy atom. The van der Waals surface area contributed by atoms with E-state index in [0.717, 1.165) is 6.42 Å². The van der Waals surface area contributed by atoms with Crippen LogP contribution in [0.5, 0.6) is 0 Å². The summed E-state index contributed by atoms with van der Waals surface area (Å²) in [4.78, 5) is 15.9. The number of guanidine groups is 1. The SMILES string of the molecule is CN=C(NCC(=O)NCCc1ccccc1)NC(C)(C)C. The third-order valence-electron chi connectivity index (χ3n) is 2.71. The number of nitrogens with zero attached hydrogens (tertiary/aromatic N) is 1. The molecule has 0 aliphatic carbocycles. The quantitative estimate of drug-likeness (QED) is 0.566. The van der Waals surface area contributed by atoms with Gasteiger partial charge >= 0.3 is 0 Å². The molecule has 5 heteroatoms. The number of carbonyl (C=O) groups is 1. The van der Waals surface area contributed by atoms with Crippen LogP contribution in [0, 0.1) is 0 Å². The molecule has 0 bridgehead atoms. The van der Waals surface area contributed by atoms with Crippen molar-refractivity contribution in [1.82, 2.24) is 16.0 Å². The average molecular weight is 290 g/mol. The third-order valence-corrected chi connectivity index (χ3v) is 2.71. The van der Waals surface area contributed by atoms with Gasteiger partial charge in [0.05, 0.1) is 6.54 Å². The van der Waals surface area contributed by atoms with E-state index in [1.54, 1.807) is 7.05 Å². The second-order valence-corrected chi connectivity index (χ2v) is 5.89. The molecule has 0 aliphatic rings. The maximum atomic E-state index is 11.8. The Bertz CT molecular complexity index is 463. The van der Waals surface area contributed by atoms with Crippen molar-refractivity contribution in [1.29, 1.82) is 0 Å². The number of amides is 1. The number of aliphatic imine (C=N–C) groups is 1. The number of rotatable bonds is 5. The van der Waals surface area contributed by atoms with Crippen LogP contribution in [0.2, 0.25) is 0 Å². The highest BCUT2D eigenvalue weighted by molar-refractivity contribution is 5.86. The molecule has 0 aliphatic heterocycles. The van der Waals surface area contributed by atoms with E-state index in [0.29, 0.717) is 12.5 Å². The molecule has 0 spiro atoms. The first-order chi connectivity index (χ1) is 9.90. The Labute approximate surface area is 127 Å². The highest BCUT2D eigenvalue weighted by atomic mass is 16.1. The van der Waals surface area contributed by atoms with Crippen LogP contribution < -0.4 is 16.0 Å². The number of carbonyl (C=O) groups excluding carboxylic acids is 1. The van der Waals surface area contributed by atoms with Gasteiger partial charge in [0, 0.05) is 19.1 Å². The Kier molecular flexibility index (Phi) is 6.72. The van der Waals surface area contributed by atoms with Gasteiger partial charge < -0.3 is 16.0 Å². The molecular weight excluding hydrogens is 264 g/mol. The third kappa shape index (κ3) is 7.97. The van der Waals surface area contributed by atoms with E-state index < -0.39 is 0 Å². The number of nitrogens with one attached hydrogen (secondary N) is 3. The van der Waals surface area contributed by atoms with Crippen LogP contribution in [0.3, 0.4) is 0 Å². The summed E-state index contributed by atoms with van der Waals surface area (Å²) in [7, 11) is 1.69.